The van der Waals surface area contributed by atoms with Crippen LogP contribution in [0, 0.1) is 0 Å². The van der Waals surface area contributed by atoms with Gasteiger partial charge in [-0.05, 0) is 13.0 Å². The van der Waals surface area contributed by atoms with Crippen LogP contribution in [0.2, 0.25) is 0 Å². The van der Waals surface area contributed by atoms with E-state index in [1.54, 1.807) is 9.80 Å². The Morgan fingerprint density at radius 1 is 1.11 bits per heavy atom. The summed E-state index contributed by atoms with van der Waals surface area (Å²) < 4.78 is 0. The SMILES string of the molecule is CC1CN(C(=O)C(=O)N2CCCNCC2)CCS1. The minimum Gasteiger partial charge on any atom is -0.333 e. The summed E-state index contributed by atoms with van der Waals surface area (Å²) in [6, 6.07) is 0. The van der Waals surface area contributed by atoms with Crippen LogP contribution in [0.3, 0.4) is 0 Å². The Morgan fingerprint density at radius 2 is 1.89 bits per heavy atom. The first-order chi connectivity index (χ1) is 8.68. The molecule has 18 heavy (non-hydrogen) atoms. The molecule has 0 aromatic rings. The van der Waals surface area contributed by atoms with Gasteiger partial charge in [0.15, 0.2) is 0 Å². The van der Waals surface area contributed by atoms with Crippen molar-refractivity contribution >= 4 is 23.6 Å². The number of rotatable bonds is 0. The van der Waals surface area contributed by atoms with Crippen molar-refractivity contribution in [2.45, 2.75) is 18.6 Å². The second-order valence-corrected chi connectivity index (χ2v) is 6.37. The zero-order chi connectivity index (χ0) is 13.0. The summed E-state index contributed by atoms with van der Waals surface area (Å²) in [4.78, 5) is 27.7. The zero-order valence-electron chi connectivity index (χ0n) is 10.9. The maximum atomic E-state index is 12.2. The fraction of sp³-hybridized carbons (Fsp3) is 0.833. The lowest BCUT2D eigenvalue weighted by Crippen LogP contribution is -2.50. The van der Waals surface area contributed by atoms with Gasteiger partial charge in [0.05, 0.1) is 0 Å². The minimum atomic E-state index is -0.321. The molecule has 2 amide bonds. The van der Waals surface area contributed by atoms with E-state index < -0.39 is 0 Å². The molecule has 2 rings (SSSR count). The van der Waals surface area contributed by atoms with Crippen LogP contribution >= 0.6 is 11.8 Å². The van der Waals surface area contributed by atoms with Crippen molar-refractivity contribution < 1.29 is 9.59 Å². The molecular weight excluding hydrogens is 250 g/mol. The van der Waals surface area contributed by atoms with Gasteiger partial charge in [-0.1, -0.05) is 6.92 Å². The highest BCUT2D eigenvalue weighted by Gasteiger charge is 2.29. The molecule has 102 valence electrons. The van der Waals surface area contributed by atoms with Crippen molar-refractivity contribution in [2.24, 2.45) is 0 Å². The molecule has 2 aliphatic heterocycles. The van der Waals surface area contributed by atoms with Crippen LogP contribution in [-0.2, 0) is 9.59 Å². The maximum Gasteiger partial charge on any atom is 0.312 e. The van der Waals surface area contributed by atoms with Crippen molar-refractivity contribution in [3.63, 3.8) is 0 Å². The molecule has 6 heteroatoms. The number of nitrogens with zero attached hydrogens (tertiary/aromatic N) is 2. The lowest BCUT2D eigenvalue weighted by Gasteiger charge is -2.31. The van der Waals surface area contributed by atoms with Crippen molar-refractivity contribution in [1.82, 2.24) is 15.1 Å². The summed E-state index contributed by atoms with van der Waals surface area (Å²) >= 11 is 1.86. The topological polar surface area (TPSA) is 52.7 Å². The fourth-order valence-corrected chi connectivity index (χ4v) is 3.34. The first-order valence-electron chi connectivity index (χ1n) is 6.59. The summed E-state index contributed by atoms with van der Waals surface area (Å²) in [6.45, 7) is 6.54. The second-order valence-electron chi connectivity index (χ2n) is 4.83. The van der Waals surface area contributed by atoms with E-state index in [9.17, 15) is 9.59 Å². The number of amides is 2. The van der Waals surface area contributed by atoms with Crippen LogP contribution in [0.15, 0.2) is 0 Å². The quantitative estimate of drug-likeness (QED) is 0.619. The van der Waals surface area contributed by atoms with Crippen molar-refractivity contribution in [2.75, 3.05) is 45.0 Å². The van der Waals surface area contributed by atoms with Crippen LogP contribution in [0.5, 0.6) is 0 Å². The average Bonchev–Trinajstić information content (AvgIpc) is 2.66. The van der Waals surface area contributed by atoms with Gasteiger partial charge in [-0.3, -0.25) is 9.59 Å². The van der Waals surface area contributed by atoms with Gasteiger partial charge in [-0.25, -0.2) is 0 Å². The normalized spacial score (nSPS) is 25.7. The lowest BCUT2D eigenvalue weighted by molar-refractivity contribution is -0.151. The summed E-state index contributed by atoms with van der Waals surface area (Å²) in [5, 5.41) is 3.67. The Hall–Kier alpha value is -0.750. The number of carbonyl (C=O) groups is 2. The number of thioether (sulfide) groups is 1. The number of nitrogens with one attached hydrogen (secondary N) is 1. The molecule has 0 aromatic carbocycles. The molecule has 2 aliphatic rings. The first kappa shape index (κ1) is 13.7. The summed E-state index contributed by atoms with van der Waals surface area (Å²) in [5.74, 6) is 0.295. The second kappa shape index (κ2) is 6.43. The molecule has 1 atom stereocenters. The molecule has 0 saturated carbocycles. The van der Waals surface area contributed by atoms with E-state index in [-0.39, 0.29) is 11.8 Å². The number of hydrogen-bond acceptors (Lipinski definition) is 4. The van der Waals surface area contributed by atoms with Gasteiger partial charge in [-0.2, -0.15) is 11.8 Å². The maximum absolute atomic E-state index is 12.2. The molecule has 0 aromatic heterocycles. The molecule has 0 bridgehead atoms. The Bertz CT molecular complexity index is 304. The average molecular weight is 271 g/mol. The van der Waals surface area contributed by atoms with Crippen LogP contribution in [0.1, 0.15) is 13.3 Å². The smallest absolute Gasteiger partial charge is 0.312 e. The number of hydrogen-bond donors (Lipinski definition) is 1. The van der Waals surface area contributed by atoms with Crippen molar-refractivity contribution in [3.05, 3.63) is 0 Å². The van der Waals surface area contributed by atoms with Gasteiger partial charge >= 0.3 is 11.8 Å². The molecule has 2 saturated heterocycles. The third kappa shape index (κ3) is 3.38. The zero-order valence-corrected chi connectivity index (χ0v) is 11.7. The van der Waals surface area contributed by atoms with E-state index in [1.807, 2.05) is 11.8 Å². The molecule has 2 heterocycles. The predicted molar refractivity (Wildman–Crippen MR) is 72.6 cm³/mol. The lowest BCUT2D eigenvalue weighted by atomic mass is 10.3. The van der Waals surface area contributed by atoms with Gasteiger partial charge in [0.25, 0.3) is 0 Å². The fourth-order valence-electron chi connectivity index (χ4n) is 2.32. The third-order valence-corrected chi connectivity index (χ3v) is 4.47. The van der Waals surface area contributed by atoms with Crippen molar-refractivity contribution in [3.8, 4) is 0 Å². The number of carbonyl (C=O) groups excluding carboxylic acids is 2. The van der Waals surface area contributed by atoms with Crippen LogP contribution < -0.4 is 5.32 Å². The van der Waals surface area contributed by atoms with E-state index in [0.29, 0.717) is 31.4 Å². The molecule has 1 N–H and O–H groups in total. The van der Waals surface area contributed by atoms with Gasteiger partial charge in [-0.15, -0.1) is 0 Å². The standard InChI is InChI=1S/C12H21N3O2S/c1-10-9-15(7-8-18-10)12(17)11(16)14-5-2-3-13-4-6-14/h10,13H,2-9H2,1H3. The van der Waals surface area contributed by atoms with E-state index in [4.69, 9.17) is 0 Å². The van der Waals surface area contributed by atoms with Gasteiger partial charge in [0, 0.05) is 43.7 Å². The van der Waals surface area contributed by atoms with E-state index in [1.165, 1.54) is 0 Å². The van der Waals surface area contributed by atoms with Crippen LogP contribution in [0.4, 0.5) is 0 Å². The molecule has 2 fully saturated rings. The van der Waals surface area contributed by atoms with E-state index >= 15 is 0 Å². The highest BCUT2D eigenvalue weighted by molar-refractivity contribution is 7.99. The monoisotopic (exact) mass is 271 g/mol. The Balaban J connectivity index is 1.92. The first-order valence-corrected chi connectivity index (χ1v) is 7.64. The van der Waals surface area contributed by atoms with Crippen LogP contribution in [-0.4, -0.2) is 71.9 Å². The predicted octanol–water partition coefficient (Wildman–Crippen LogP) is -0.228. The molecule has 1 unspecified atom stereocenters. The van der Waals surface area contributed by atoms with Gasteiger partial charge in [0.2, 0.25) is 0 Å². The Kier molecular flexibility index (Phi) is 4.88. The summed E-state index contributed by atoms with van der Waals surface area (Å²) in [6.07, 6.45) is 0.922. The van der Waals surface area contributed by atoms with Gasteiger partial charge < -0.3 is 15.1 Å². The van der Waals surface area contributed by atoms with Crippen LogP contribution in [0.25, 0.3) is 0 Å². The minimum absolute atomic E-state index is 0.316. The largest absolute Gasteiger partial charge is 0.333 e. The Labute approximate surface area is 112 Å². The molecular formula is C12H21N3O2S. The molecule has 5 nitrogen and oxygen atoms in total. The summed E-state index contributed by atoms with van der Waals surface area (Å²) in [7, 11) is 0. The Morgan fingerprint density at radius 3 is 2.67 bits per heavy atom. The van der Waals surface area contributed by atoms with Gasteiger partial charge in [0.1, 0.15) is 0 Å². The highest BCUT2D eigenvalue weighted by Crippen LogP contribution is 2.18. The molecule has 0 spiro atoms. The highest BCUT2D eigenvalue weighted by atomic mass is 32.2. The van der Waals surface area contributed by atoms with E-state index in [0.717, 1.165) is 25.3 Å². The van der Waals surface area contributed by atoms with Crippen molar-refractivity contribution in [1.29, 1.82) is 0 Å². The third-order valence-electron chi connectivity index (χ3n) is 3.34. The molecule has 0 radical (unpaired) electrons. The van der Waals surface area contributed by atoms with E-state index in [2.05, 4.69) is 12.2 Å². The summed E-state index contributed by atoms with van der Waals surface area (Å²) in [5.41, 5.74) is 0. The molecule has 0 aliphatic carbocycles.